The first-order valence-electron chi connectivity index (χ1n) is 8.41. The molecule has 0 spiro atoms. The smallest absolute Gasteiger partial charge is 0.410 e. The van der Waals surface area contributed by atoms with E-state index in [0.29, 0.717) is 31.9 Å². The van der Waals surface area contributed by atoms with Crippen LogP contribution in [0.4, 0.5) is 21.9 Å². The van der Waals surface area contributed by atoms with Gasteiger partial charge in [-0.3, -0.25) is 10.1 Å². The molecule has 8 nitrogen and oxygen atoms in total. The molecule has 2 saturated heterocycles. The molecule has 136 valence electrons. The van der Waals surface area contributed by atoms with Gasteiger partial charge in [-0.15, -0.1) is 0 Å². The Morgan fingerprint density at radius 1 is 1.24 bits per heavy atom. The number of para-hydroxylation sites is 1. The normalized spacial score (nSPS) is 22.8. The highest BCUT2D eigenvalue weighted by atomic mass is 16.6. The van der Waals surface area contributed by atoms with E-state index in [4.69, 9.17) is 10.5 Å². The Labute approximate surface area is 146 Å². The summed E-state index contributed by atoms with van der Waals surface area (Å²) in [5.74, 6) is 0.571. The van der Waals surface area contributed by atoms with Crippen molar-refractivity contribution in [2.45, 2.75) is 26.4 Å². The van der Waals surface area contributed by atoms with Crippen molar-refractivity contribution in [3.8, 4) is 0 Å². The van der Waals surface area contributed by atoms with Gasteiger partial charge in [0.1, 0.15) is 17.0 Å². The van der Waals surface area contributed by atoms with Gasteiger partial charge in [-0.1, -0.05) is 6.07 Å². The standard InChI is InChI=1S/C17H24N4O4/c1-17(2,3)25-16(22)20-9-11-7-19(8-12(11)10-20)14-6-4-5-13(18)15(14)21(23)24/h4-6,11-12H,7-10,18H2,1-3H3. The van der Waals surface area contributed by atoms with Crippen LogP contribution < -0.4 is 10.6 Å². The summed E-state index contributed by atoms with van der Waals surface area (Å²) in [5, 5.41) is 11.3. The van der Waals surface area contributed by atoms with Gasteiger partial charge in [0.15, 0.2) is 0 Å². The zero-order valence-corrected chi connectivity index (χ0v) is 14.8. The Morgan fingerprint density at radius 3 is 2.36 bits per heavy atom. The van der Waals surface area contributed by atoms with Gasteiger partial charge in [0.25, 0.3) is 0 Å². The number of benzene rings is 1. The summed E-state index contributed by atoms with van der Waals surface area (Å²) < 4.78 is 5.43. The molecule has 0 aromatic heterocycles. The number of nitrogen functional groups attached to an aromatic ring is 1. The number of hydrogen-bond donors (Lipinski definition) is 1. The lowest BCUT2D eigenvalue weighted by molar-refractivity contribution is -0.383. The third-order valence-corrected chi connectivity index (χ3v) is 4.71. The molecule has 25 heavy (non-hydrogen) atoms. The molecule has 2 unspecified atom stereocenters. The SMILES string of the molecule is CC(C)(C)OC(=O)N1CC2CN(c3cccc(N)c3[N+](=O)[O-])CC2C1. The summed E-state index contributed by atoms with van der Waals surface area (Å²) in [4.78, 5) is 26.9. The number of nitrogens with zero attached hydrogens (tertiary/aromatic N) is 3. The van der Waals surface area contributed by atoms with Gasteiger partial charge in [-0.05, 0) is 32.9 Å². The monoisotopic (exact) mass is 348 g/mol. The highest BCUT2D eigenvalue weighted by Crippen LogP contribution is 2.40. The Bertz CT molecular complexity index is 686. The Balaban J connectivity index is 1.69. The highest BCUT2D eigenvalue weighted by molar-refractivity contribution is 5.76. The lowest BCUT2D eigenvalue weighted by Crippen LogP contribution is -2.37. The Kier molecular flexibility index (Phi) is 4.22. The molecule has 8 heteroatoms. The second kappa shape index (κ2) is 6.09. The molecular weight excluding hydrogens is 324 g/mol. The van der Waals surface area contributed by atoms with E-state index < -0.39 is 10.5 Å². The maximum absolute atomic E-state index is 12.2. The predicted octanol–water partition coefficient (Wildman–Crippen LogP) is 2.48. The number of anilines is 2. The van der Waals surface area contributed by atoms with Crippen LogP contribution in [-0.2, 0) is 4.74 Å². The van der Waals surface area contributed by atoms with E-state index in [1.165, 1.54) is 0 Å². The number of ether oxygens (including phenoxy) is 1. The topological polar surface area (TPSA) is 102 Å². The van der Waals surface area contributed by atoms with Crippen LogP contribution in [0.5, 0.6) is 0 Å². The van der Waals surface area contributed by atoms with Crippen molar-refractivity contribution in [3.05, 3.63) is 28.3 Å². The van der Waals surface area contributed by atoms with E-state index >= 15 is 0 Å². The molecular formula is C17H24N4O4. The summed E-state index contributed by atoms with van der Waals surface area (Å²) in [6.07, 6.45) is -0.289. The minimum absolute atomic E-state index is 0.0357. The Morgan fingerprint density at radius 2 is 1.84 bits per heavy atom. The maximum atomic E-state index is 12.2. The number of hydrogen-bond acceptors (Lipinski definition) is 6. The first kappa shape index (κ1) is 17.3. The molecule has 2 fully saturated rings. The fourth-order valence-electron chi connectivity index (χ4n) is 3.67. The van der Waals surface area contributed by atoms with Crippen LogP contribution in [0.25, 0.3) is 0 Å². The van der Waals surface area contributed by atoms with Gasteiger partial charge in [0.2, 0.25) is 0 Å². The third-order valence-electron chi connectivity index (χ3n) is 4.71. The van der Waals surface area contributed by atoms with Crippen LogP contribution >= 0.6 is 0 Å². The van der Waals surface area contributed by atoms with Gasteiger partial charge >= 0.3 is 11.8 Å². The molecule has 2 atom stereocenters. The number of nitrogens with two attached hydrogens (primary N) is 1. The summed E-state index contributed by atoms with van der Waals surface area (Å²) in [7, 11) is 0. The number of amides is 1. The molecule has 2 N–H and O–H groups in total. The quantitative estimate of drug-likeness (QED) is 0.500. The minimum atomic E-state index is -0.511. The number of nitro benzene ring substituents is 1. The second-order valence-corrected chi connectivity index (χ2v) is 7.78. The van der Waals surface area contributed by atoms with E-state index in [1.54, 1.807) is 23.1 Å². The highest BCUT2D eigenvalue weighted by Gasteiger charge is 2.44. The van der Waals surface area contributed by atoms with E-state index in [1.807, 2.05) is 25.7 Å². The molecule has 0 saturated carbocycles. The van der Waals surface area contributed by atoms with Crippen molar-refractivity contribution in [3.63, 3.8) is 0 Å². The first-order valence-corrected chi connectivity index (χ1v) is 8.41. The summed E-state index contributed by atoms with van der Waals surface area (Å²) in [5.41, 5.74) is 5.98. The van der Waals surface area contributed by atoms with E-state index in [0.717, 1.165) is 0 Å². The molecule has 2 aliphatic rings. The molecule has 1 aromatic rings. The van der Waals surface area contributed by atoms with Crippen molar-refractivity contribution in [2.75, 3.05) is 36.8 Å². The van der Waals surface area contributed by atoms with Crippen LogP contribution in [-0.4, -0.2) is 47.7 Å². The van der Waals surface area contributed by atoms with Crippen LogP contribution in [0.15, 0.2) is 18.2 Å². The van der Waals surface area contributed by atoms with Crippen molar-refractivity contribution in [1.29, 1.82) is 0 Å². The number of nitro groups is 1. The van der Waals surface area contributed by atoms with Crippen LogP contribution in [0.2, 0.25) is 0 Å². The van der Waals surface area contributed by atoms with Crippen molar-refractivity contribution in [1.82, 2.24) is 4.90 Å². The van der Waals surface area contributed by atoms with Crippen LogP contribution in [0.1, 0.15) is 20.8 Å². The Hall–Kier alpha value is -2.51. The third kappa shape index (κ3) is 3.47. The molecule has 0 radical (unpaired) electrons. The number of fused-ring (bicyclic) bond motifs is 1. The van der Waals surface area contributed by atoms with Crippen molar-refractivity contribution in [2.24, 2.45) is 11.8 Å². The van der Waals surface area contributed by atoms with Gasteiger partial charge < -0.3 is 20.3 Å². The summed E-state index contributed by atoms with van der Waals surface area (Å²) >= 11 is 0. The van der Waals surface area contributed by atoms with Crippen LogP contribution in [0, 0.1) is 22.0 Å². The number of rotatable bonds is 2. The average Bonchev–Trinajstić information content (AvgIpc) is 3.02. The van der Waals surface area contributed by atoms with E-state index in [-0.39, 0.29) is 29.3 Å². The fourth-order valence-corrected chi connectivity index (χ4v) is 3.67. The lowest BCUT2D eigenvalue weighted by atomic mass is 10.0. The minimum Gasteiger partial charge on any atom is -0.444 e. The molecule has 0 bridgehead atoms. The summed E-state index contributed by atoms with van der Waals surface area (Å²) in [6, 6.07) is 5.02. The lowest BCUT2D eigenvalue weighted by Gasteiger charge is -2.26. The molecule has 1 amide bonds. The van der Waals surface area contributed by atoms with E-state index in [2.05, 4.69) is 0 Å². The van der Waals surface area contributed by atoms with E-state index in [9.17, 15) is 14.9 Å². The maximum Gasteiger partial charge on any atom is 0.410 e. The van der Waals surface area contributed by atoms with Crippen LogP contribution in [0.3, 0.4) is 0 Å². The predicted molar refractivity (Wildman–Crippen MR) is 94.5 cm³/mol. The van der Waals surface area contributed by atoms with Gasteiger partial charge in [0, 0.05) is 38.0 Å². The largest absolute Gasteiger partial charge is 0.444 e. The molecule has 2 aliphatic heterocycles. The van der Waals surface area contributed by atoms with Gasteiger partial charge in [-0.2, -0.15) is 0 Å². The zero-order chi connectivity index (χ0) is 18.4. The second-order valence-electron chi connectivity index (χ2n) is 7.78. The average molecular weight is 348 g/mol. The fraction of sp³-hybridized carbons (Fsp3) is 0.588. The van der Waals surface area contributed by atoms with Gasteiger partial charge in [-0.25, -0.2) is 4.79 Å². The molecule has 2 heterocycles. The van der Waals surface area contributed by atoms with Crippen molar-refractivity contribution < 1.29 is 14.5 Å². The molecule has 0 aliphatic carbocycles. The zero-order valence-electron chi connectivity index (χ0n) is 14.8. The number of carbonyl (C=O) groups excluding carboxylic acids is 1. The first-order chi connectivity index (χ1) is 11.7. The molecule has 3 rings (SSSR count). The summed E-state index contributed by atoms with van der Waals surface area (Å²) in [6.45, 7) is 8.13. The number of carbonyl (C=O) groups is 1. The molecule has 1 aromatic carbocycles. The number of likely N-dealkylation sites (tertiary alicyclic amines) is 1. The van der Waals surface area contributed by atoms with Crippen molar-refractivity contribution >= 4 is 23.2 Å². The van der Waals surface area contributed by atoms with Gasteiger partial charge in [0.05, 0.1) is 4.92 Å².